The lowest BCUT2D eigenvalue weighted by Crippen LogP contribution is -2.42. The van der Waals surface area contributed by atoms with Gasteiger partial charge in [-0.2, -0.15) is 0 Å². The summed E-state index contributed by atoms with van der Waals surface area (Å²) in [5.41, 5.74) is 4.24. The smallest absolute Gasteiger partial charge is 0.407 e. The van der Waals surface area contributed by atoms with E-state index in [1.54, 1.807) is 13.3 Å². The molecule has 3 heterocycles. The molecule has 0 aliphatic carbocycles. The number of benzene rings is 2. The summed E-state index contributed by atoms with van der Waals surface area (Å²) in [5.74, 6) is 0.115. The molecule has 1 aliphatic rings. The van der Waals surface area contributed by atoms with E-state index in [9.17, 15) is 9.90 Å². The molecule has 0 spiro atoms. The van der Waals surface area contributed by atoms with E-state index in [1.165, 1.54) is 22.3 Å². The second-order valence-corrected chi connectivity index (χ2v) is 11.3. The monoisotopic (exact) mass is 510 g/mol. The molecule has 10 heteroatoms. The molecule has 1 N–H and O–H groups in total. The molecule has 2 aromatic heterocycles. The Morgan fingerprint density at radius 3 is 2.75 bits per heavy atom. The molecule has 36 heavy (non-hydrogen) atoms. The molecule has 2 aromatic carbocycles. The third kappa shape index (κ3) is 4.53. The van der Waals surface area contributed by atoms with Gasteiger partial charge in [0.1, 0.15) is 11.1 Å². The highest BCUT2D eigenvalue weighted by Crippen LogP contribution is 2.43. The first-order valence-corrected chi connectivity index (χ1v) is 12.4. The topological polar surface area (TPSA) is 97.7 Å². The van der Waals surface area contributed by atoms with Crippen LogP contribution >= 0.6 is 11.3 Å². The van der Waals surface area contributed by atoms with Gasteiger partial charge in [0.2, 0.25) is 5.88 Å². The molecule has 1 atom stereocenters. The maximum absolute atomic E-state index is 15.0. The number of thiazole rings is 1. The number of aryl methyl sites for hydroxylation is 1. The van der Waals surface area contributed by atoms with Crippen LogP contribution in [0.15, 0.2) is 24.4 Å². The van der Waals surface area contributed by atoms with Crippen molar-refractivity contribution in [3.05, 3.63) is 41.3 Å². The molecule has 0 saturated carbocycles. The summed E-state index contributed by atoms with van der Waals surface area (Å²) < 4.78 is 27.0. The van der Waals surface area contributed by atoms with Gasteiger partial charge in [-0.25, -0.2) is 24.1 Å². The number of hydrogen-bond donors (Lipinski definition) is 1. The molecule has 1 aliphatic heterocycles. The Morgan fingerprint density at radius 1 is 1.28 bits per heavy atom. The Kier molecular flexibility index (Phi) is 5.94. The molecular formula is C26H27FN4O4S. The van der Waals surface area contributed by atoms with Crippen LogP contribution in [0, 0.1) is 18.2 Å². The lowest BCUT2D eigenvalue weighted by atomic mass is 9.96. The third-order valence-corrected chi connectivity index (χ3v) is 7.13. The van der Waals surface area contributed by atoms with Crippen LogP contribution in [0.2, 0.25) is 0 Å². The number of methoxy groups -OCH3 is 1. The van der Waals surface area contributed by atoms with Gasteiger partial charge in [0.05, 0.1) is 41.1 Å². The van der Waals surface area contributed by atoms with Gasteiger partial charge >= 0.3 is 6.09 Å². The van der Waals surface area contributed by atoms with Crippen molar-refractivity contribution < 1.29 is 23.8 Å². The summed E-state index contributed by atoms with van der Waals surface area (Å²) in [6, 6.07) is 5.31. The van der Waals surface area contributed by atoms with Crippen LogP contribution in [-0.2, 0) is 6.42 Å². The predicted molar refractivity (Wildman–Crippen MR) is 137 cm³/mol. The number of aromatic nitrogens is 3. The lowest BCUT2D eigenvalue weighted by Gasteiger charge is -2.29. The number of carboxylic acid groups (broad SMARTS) is 1. The molecule has 1 amide bonds. The first kappa shape index (κ1) is 24.2. The van der Waals surface area contributed by atoms with E-state index in [2.05, 4.69) is 9.97 Å². The predicted octanol–water partition coefficient (Wildman–Crippen LogP) is 5.69. The molecule has 0 bridgehead atoms. The highest BCUT2D eigenvalue weighted by Gasteiger charge is 2.33. The zero-order valence-electron chi connectivity index (χ0n) is 20.8. The van der Waals surface area contributed by atoms with Gasteiger partial charge in [-0.05, 0) is 30.0 Å². The molecule has 188 valence electrons. The summed E-state index contributed by atoms with van der Waals surface area (Å²) in [5, 5.41) is 10.4. The Bertz CT molecular complexity index is 1500. The van der Waals surface area contributed by atoms with Crippen molar-refractivity contribution in [1.82, 2.24) is 19.9 Å². The number of fused-ring (bicyclic) bond motifs is 4. The summed E-state index contributed by atoms with van der Waals surface area (Å²) in [6.07, 6.45) is 0.488. The Morgan fingerprint density at radius 2 is 2.06 bits per heavy atom. The number of ether oxygens (including phenoxy) is 2. The first-order chi connectivity index (χ1) is 17.0. The molecule has 0 saturated heterocycles. The number of rotatable bonds is 5. The summed E-state index contributed by atoms with van der Waals surface area (Å²) in [4.78, 5) is 26.9. The Hall–Kier alpha value is -3.53. The molecule has 0 unspecified atom stereocenters. The molecule has 5 rings (SSSR count). The van der Waals surface area contributed by atoms with E-state index in [4.69, 9.17) is 14.5 Å². The highest BCUT2D eigenvalue weighted by molar-refractivity contribution is 7.22. The van der Waals surface area contributed by atoms with Crippen molar-refractivity contribution in [3.8, 4) is 22.2 Å². The fourth-order valence-electron chi connectivity index (χ4n) is 4.58. The fraction of sp³-hybridized carbons (Fsp3) is 0.385. The van der Waals surface area contributed by atoms with Crippen molar-refractivity contribution in [3.63, 3.8) is 0 Å². The SMILES string of the molecule is COc1cnc2c(-c3nc4cc(F)c5c(c4s3)C[C@@H](CN(CC(C)(C)C)C(=O)O)O5)cc(C)cc2n1. The largest absolute Gasteiger partial charge is 0.485 e. The summed E-state index contributed by atoms with van der Waals surface area (Å²) in [6.45, 7) is 8.42. The normalized spacial score (nSPS) is 15.2. The minimum atomic E-state index is -1.01. The second kappa shape index (κ2) is 8.85. The molecule has 8 nitrogen and oxygen atoms in total. The summed E-state index contributed by atoms with van der Waals surface area (Å²) in [7, 11) is 1.55. The van der Waals surface area contributed by atoms with E-state index in [0.29, 0.717) is 40.4 Å². The first-order valence-electron chi connectivity index (χ1n) is 11.6. The van der Waals surface area contributed by atoms with Gasteiger partial charge in [0.25, 0.3) is 0 Å². The van der Waals surface area contributed by atoms with E-state index >= 15 is 4.39 Å². The average Bonchev–Trinajstić information content (AvgIpc) is 3.41. The maximum Gasteiger partial charge on any atom is 0.407 e. The van der Waals surface area contributed by atoms with Crippen LogP contribution in [0.1, 0.15) is 31.9 Å². The number of hydrogen-bond acceptors (Lipinski definition) is 7. The van der Waals surface area contributed by atoms with Gasteiger partial charge in [-0.3, -0.25) is 0 Å². The third-order valence-electron chi connectivity index (χ3n) is 5.97. The van der Waals surface area contributed by atoms with Gasteiger partial charge in [0.15, 0.2) is 11.6 Å². The van der Waals surface area contributed by atoms with Crippen LogP contribution in [0.3, 0.4) is 0 Å². The number of carbonyl (C=O) groups is 1. The zero-order chi connectivity index (χ0) is 25.8. The Balaban J connectivity index is 1.52. The highest BCUT2D eigenvalue weighted by atomic mass is 32.1. The number of halogens is 1. The zero-order valence-corrected chi connectivity index (χ0v) is 21.6. The van der Waals surface area contributed by atoms with Crippen molar-refractivity contribution in [2.75, 3.05) is 20.2 Å². The number of amides is 1. The average molecular weight is 511 g/mol. The quantitative estimate of drug-likeness (QED) is 0.368. The molecule has 4 aromatic rings. The van der Waals surface area contributed by atoms with Crippen LogP contribution in [0.5, 0.6) is 11.6 Å². The molecular weight excluding hydrogens is 483 g/mol. The van der Waals surface area contributed by atoms with E-state index in [0.717, 1.165) is 21.4 Å². The van der Waals surface area contributed by atoms with Crippen molar-refractivity contribution in [2.24, 2.45) is 5.41 Å². The van der Waals surface area contributed by atoms with Gasteiger partial charge in [-0.15, -0.1) is 11.3 Å². The van der Waals surface area contributed by atoms with E-state index in [-0.39, 0.29) is 17.7 Å². The maximum atomic E-state index is 15.0. The summed E-state index contributed by atoms with van der Waals surface area (Å²) >= 11 is 1.45. The van der Waals surface area contributed by atoms with Gasteiger partial charge in [0, 0.05) is 30.2 Å². The van der Waals surface area contributed by atoms with Crippen LogP contribution in [-0.4, -0.2) is 57.4 Å². The van der Waals surface area contributed by atoms with Crippen molar-refractivity contribution >= 4 is 38.7 Å². The van der Waals surface area contributed by atoms with Gasteiger partial charge in [-0.1, -0.05) is 20.8 Å². The van der Waals surface area contributed by atoms with E-state index in [1.807, 2.05) is 39.8 Å². The minimum absolute atomic E-state index is 0.161. The lowest BCUT2D eigenvalue weighted by molar-refractivity contribution is 0.0967. The number of nitrogens with zero attached hydrogens (tertiary/aromatic N) is 4. The molecule has 0 fully saturated rings. The van der Waals surface area contributed by atoms with Gasteiger partial charge < -0.3 is 19.5 Å². The Labute approximate surface area is 211 Å². The standard InChI is InChI=1S/C26H27FN4O4S/c1-13-6-15(21-18(7-13)29-20(34-5)10-28-21)24-30-19-9-17(27)22-16(23(19)36-24)8-14(35-22)11-31(25(32)33)12-26(2,3)4/h6-7,9-10,14H,8,11-12H2,1-5H3,(H,32,33)/t14-/m0/s1. The van der Waals surface area contributed by atoms with Crippen LogP contribution < -0.4 is 9.47 Å². The van der Waals surface area contributed by atoms with Crippen molar-refractivity contribution in [2.45, 2.75) is 40.2 Å². The van der Waals surface area contributed by atoms with Crippen molar-refractivity contribution in [1.29, 1.82) is 0 Å². The van der Waals surface area contributed by atoms with Crippen LogP contribution in [0.4, 0.5) is 9.18 Å². The van der Waals surface area contributed by atoms with Crippen LogP contribution in [0.25, 0.3) is 31.8 Å². The fourth-order valence-corrected chi connectivity index (χ4v) is 5.69. The van der Waals surface area contributed by atoms with E-state index < -0.39 is 18.0 Å². The second-order valence-electron chi connectivity index (χ2n) is 10.3. The molecule has 0 radical (unpaired) electrons. The minimum Gasteiger partial charge on any atom is -0.485 e.